The number of alkyl halides is 3. The molecule has 2 nitrogen and oxygen atoms in total. The first-order chi connectivity index (χ1) is 8.42. The summed E-state index contributed by atoms with van der Waals surface area (Å²) < 4.78 is 36.5. The maximum Gasteiger partial charge on any atom is 0.390 e. The van der Waals surface area contributed by atoms with Crippen molar-refractivity contribution in [3.05, 3.63) is 0 Å². The Balaban J connectivity index is 1.61. The predicted molar refractivity (Wildman–Crippen MR) is 65.4 cm³/mol. The summed E-state index contributed by atoms with van der Waals surface area (Å²) in [4.78, 5) is 0. The molecule has 3 atom stereocenters. The predicted octanol–water partition coefficient (Wildman–Crippen LogP) is 2.84. The third-order valence-corrected chi connectivity index (χ3v) is 4.15. The van der Waals surface area contributed by atoms with E-state index < -0.39 is 18.6 Å². The van der Waals surface area contributed by atoms with Gasteiger partial charge in [0.25, 0.3) is 0 Å². The van der Waals surface area contributed by atoms with Gasteiger partial charge < -0.3 is 10.6 Å². The summed E-state index contributed by atoms with van der Waals surface area (Å²) >= 11 is 0. The van der Waals surface area contributed by atoms with Crippen molar-refractivity contribution in [2.75, 3.05) is 6.54 Å². The highest BCUT2D eigenvalue weighted by Crippen LogP contribution is 2.32. The highest BCUT2D eigenvalue weighted by Gasteiger charge is 2.33. The van der Waals surface area contributed by atoms with E-state index in [0.717, 1.165) is 6.42 Å². The van der Waals surface area contributed by atoms with E-state index in [1.165, 1.54) is 25.7 Å². The molecule has 2 aliphatic heterocycles. The minimum absolute atomic E-state index is 0.469. The number of halogens is 3. The number of fused-ring (bicyclic) bond motifs is 2. The first-order valence-electron chi connectivity index (χ1n) is 6.98. The van der Waals surface area contributed by atoms with E-state index in [9.17, 15) is 13.2 Å². The van der Waals surface area contributed by atoms with Gasteiger partial charge in [0.2, 0.25) is 0 Å². The van der Waals surface area contributed by atoms with Gasteiger partial charge >= 0.3 is 6.18 Å². The molecule has 0 aliphatic carbocycles. The largest absolute Gasteiger partial charge is 0.390 e. The quantitative estimate of drug-likeness (QED) is 0.798. The molecule has 0 aromatic carbocycles. The number of piperidine rings is 1. The van der Waals surface area contributed by atoms with Crippen LogP contribution in [0, 0.1) is 5.92 Å². The minimum atomic E-state index is -4.06. The number of nitrogens with one attached hydrogen (secondary N) is 2. The molecule has 2 aliphatic rings. The van der Waals surface area contributed by atoms with Gasteiger partial charge in [0.15, 0.2) is 0 Å². The molecule has 2 fully saturated rings. The van der Waals surface area contributed by atoms with Crippen molar-refractivity contribution < 1.29 is 13.2 Å². The highest BCUT2D eigenvalue weighted by molar-refractivity contribution is 4.92. The minimum Gasteiger partial charge on any atom is -0.314 e. The Morgan fingerprint density at radius 3 is 2.39 bits per heavy atom. The van der Waals surface area contributed by atoms with Crippen LogP contribution in [0.3, 0.4) is 0 Å². The molecule has 0 spiro atoms. The van der Waals surface area contributed by atoms with E-state index in [-0.39, 0.29) is 0 Å². The Bertz CT molecular complexity index is 255. The van der Waals surface area contributed by atoms with E-state index >= 15 is 0 Å². The molecule has 2 saturated heterocycles. The maximum absolute atomic E-state index is 12.2. The molecule has 0 radical (unpaired) electrons. The zero-order chi connectivity index (χ0) is 13.2. The summed E-state index contributed by atoms with van der Waals surface area (Å²) in [6.07, 6.45) is 1.18. The fourth-order valence-corrected chi connectivity index (χ4v) is 3.36. The lowest BCUT2D eigenvalue weighted by Gasteiger charge is -2.29. The van der Waals surface area contributed by atoms with E-state index in [4.69, 9.17) is 0 Å². The van der Waals surface area contributed by atoms with Crippen LogP contribution in [0.4, 0.5) is 13.2 Å². The van der Waals surface area contributed by atoms with Crippen LogP contribution in [0.15, 0.2) is 0 Å². The molecule has 2 bridgehead atoms. The molecule has 0 aromatic heterocycles. The second-order valence-electron chi connectivity index (χ2n) is 5.94. The van der Waals surface area contributed by atoms with Crippen LogP contribution in [0.2, 0.25) is 0 Å². The molecular weight excluding hydrogens is 241 g/mol. The average molecular weight is 264 g/mol. The first kappa shape index (κ1) is 14.1. The lowest BCUT2D eigenvalue weighted by atomic mass is 9.89. The maximum atomic E-state index is 12.2. The molecular formula is C13H23F3N2. The molecule has 0 aromatic rings. The van der Waals surface area contributed by atoms with Gasteiger partial charge in [-0.1, -0.05) is 0 Å². The summed E-state index contributed by atoms with van der Waals surface area (Å²) in [5.74, 6) is 0.689. The topological polar surface area (TPSA) is 24.1 Å². The molecule has 2 rings (SSSR count). The van der Waals surface area contributed by atoms with Gasteiger partial charge in [-0.05, 0) is 51.5 Å². The van der Waals surface area contributed by atoms with E-state index in [1.54, 1.807) is 6.92 Å². The molecule has 5 heteroatoms. The van der Waals surface area contributed by atoms with Crippen LogP contribution < -0.4 is 10.6 Å². The van der Waals surface area contributed by atoms with E-state index in [0.29, 0.717) is 24.5 Å². The Kier molecular flexibility index (Phi) is 4.54. The van der Waals surface area contributed by atoms with Crippen molar-refractivity contribution in [1.82, 2.24) is 10.6 Å². The van der Waals surface area contributed by atoms with Gasteiger partial charge in [-0.3, -0.25) is 0 Å². The zero-order valence-electron chi connectivity index (χ0n) is 10.9. The van der Waals surface area contributed by atoms with Crippen molar-refractivity contribution in [1.29, 1.82) is 0 Å². The smallest absolute Gasteiger partial charge is 0.314 e. The van der Waals surface area contributed by atoms with Crippen LogP contribution in [0.25, 0.3) is 0 Å². The second kappa shape index (κ2) is 5.78. The third-order valence-electron chi connectivity index (χ3n) is 4.15. The highest BCUT2D eigenvalue weighted by atomic mass is 19.4. The number of hydrogen-bond acceptors (Lipinski definition) is 2. The van der Waals surface area contributed by atoms with Crippen molar-refractivity contribution in [3.63, 3.8) is 0 Å². The van der Waals surface area contributed by atoms with Gasteiger partial charge in [0.1, 0.15) is 0 Å². The van der Waals surface area contributed by atoms with Crippen molar-refractivity contribution in [2.24, 2.45) is 5.92 Å². The van der Waals surface area contributed by atoms with Gasteiger partial charge in [0.05, 0.1) is 6.42 Å². The van der Waals surface area contributed by atoms with Crippen LogP contribution in [-0.4, -0.2) is 30.8 Å². The summed E-state index contributed by atoms with van der Waals surface area (Å²) in [6.45, 7) is 2.32. The van der Waals surface area contributed by atoms with Crippen LogP contribution in [0.5, 0.6) is 0 Å². The molecule has 106 valence electrons. The Morgan fingerprint density at radius 1 is 1.22 bits per heavy atom. The SMILES string of the molecule is CC(CC(F)(F)F)NCCC1CC2CCC(C1)N2. The standard InChI is InChI=1S/C13H23F3N2/c1-9(8-13(14,15)16)17-5-4-10-6-11-2-3-12(7-10)18-11/h9-12,17-18H,2-8H2,1H3. The molecule has 18 heavy (non-hydrogen) atoms. The van der Waals surface area contributed by atoms with Gasteiger partial charge in [-0.2, -0.15) is 13.2 Å². The van der Waals surface area contributed by atoms with Crippen molar-refractivity contribution >= 4 is 0 Å². The van der Waals surface area contributed by atoms with Gasteiger partial charge in [-0.25, -0.2) is 0 Å². The average Bonchev–Trinajstić information content (AvgIpc) is 2.55. The Morgan fingerprint density at radius 2 is 1.83 bits per heavy atom. The fraction of sp³-hybridized carbons (Fsp3) is 1.00. The molecule has 2 heterocycles. The van der Waals surface area contributed by atoms with Gasteiger partial charge in [0, 0.05) is 18.1 Å². The lowest BCUT2D eigenvalue weighted by Crippen LogP contribution is -2.39. The Hall–Kier alpha value is -0.290. The third kappa shape index (κ3) is 4.43. The number of rotatable bonds is 5. The molecule has 3 unspecified atom stereocenters. The van der Waals surface area contributed by atoms with Crippen LogP contribution in [-0.2, 0) is 0 Å². The van der Waals surface area contributed by atoms with Crippen molar-refractivity contribution in [2.45, 2.75) is 69.8 Å². The normalized spacial score (nSPS) is 33.7. The number of hydrogen-bond donors (Lipinski definition) is 2. The summed E-state index contributed by atoms with van der Waals surface area (Å²) in [7, 11) is 0. The van der Waals surface area contributed by atoms with Gasteiger partial charge in [-0.15, -0.1) is 0 Å². The molecule has 0 amide bonds. The molecule has 0 saturated carbocycles. The first-order valence-corrected chi connectivity index (χ1v) is 6.98. The lowest BCUT2D eigenvalue weighted by molar-refractivity contribution is -0.139. The van der Waals surface area contributed by atoms with E-state index in [1.807, 2.05) is 0 Å². The summed E-state index contributed by atoms with van der Waals surface area (Å²) in [6, 6.07) is 0.867. The monoisotopic (exact) mass is 264 g/mol. The Labute approximate surface area is 107 Å². The molecule has 2 N–H and O–H groups in total. The van der Waals surface area contributed by atoms with Crippen molar-refractivity contribution in [3.8, 4) is 0 Å². The second-order valence-corrected chi connectivity index (χ2v) is 5.94. The fourth-order valence-electron chi connectivity index (χ4n) is 3.36. The zero-order valence-corrected chi connectivity index (χ0v) is 10.9. The van der Waals surface area contributed by atoms with E-state index in [2.05, 4.69) is 10.6 Å². The summed E-state index contributed by atoms with van der Waals surface area (Å²) in [5.41, 5.74) is 0. The summed E-state index contributed by atoms with van der Waals surface area (Å²) in [5, 5.41) is 6.58. The van der Waals surface area contributed by atoms with Crippen LogP contribution >= 0.6 is 0 Å². The van der Waals surface area contributed by atoms with Crippen LogP contribution in [0.1, 0.15) is 45.4 Å².